The first-order valence-electron chi connectivity index (χ1n) is 8.41. The zero-order valence-corrected chi connectivity index (χ0v) is 15.3. The second-order valence-electron chi connectivity index (χ2n) is 5.94. The summed E-state index contributed by atoms with van der Waals surface area (Å²) in [7, 11) is 1.36. The Labute approximate surface area is 157 Å². The maximum atomic E-state index is 12.2. The third kappa shape index (κ3) is 5.85. The number of methoxy groups -OCH3 is 1. The summed E-state index contributed by atoms with van der Waals surface area (Å²) < 4.78 is 5.04. The van der Waals surface area contributed by atoms with Crippen molar-refractivity contribution in [3.05, 3.63) is 59.7 Å². The number of hydrogen-bond donors (Lipinski definition) is 2. The lowest BCUT2D eigenvalue weighted by Gasteiger charge is -2.21. The lowest BCUT2D eigenvalue weighted by molar-refractivity contribution is -0.129. The number of carboxylic acids is 1. The van der Waals surface area contributed by atoms with Crippen LogP contribution in [0.2, 0.25) is 0 Å². The molecule has 2 aromatic carbocycles. The summed E-state index contributed by atoms with van der Waals surface area (Å²) in [6.07, 6.45) is 0.120. The lowest BCUT2D eigenvalue weighted by Crippen LogP contribution is -2.31. The van der Waals surface area contributed by atoms with E-state index in [1.807, 2.05) is 30.3 Å². The van der Waals surface area contributed by atoms with E-state index in [0.717, 1.165) is 5.56 Å². The second-order valence-corrected chi connectivity index (χ2v) is 5.94. The van der Waals surface area contributed by atoms with E-state index >= 15 is 0 Å². The molecular formula is C20H22N2O5. The van der Waals surface area contributed by atoms with Gasteiger partial charge in [0.25, 0.3) is 0 Å². The molecule has 0 aliphatic heterocycles. The van der Waals surface area contributed by atoms with E-state index in [9.17, 15) is 14.4 Å². The Bertz CT molecular complexity index is 820. The Kier molecular flexibility index (Phi) is 6.93. The molecule has 0 aromatic heterocycles. The summed E-state index contributed by atoms with van der Waals surface area (Å²) in [5, 5.41) is 11.8. The van der Waals surface area contributed by atoms with Gasteiger partial charge in [0.1, 0.15) is 11.3 Å². The number of carboxylic acid groups (broad SMARTS) is 1. The van der Waals surface area contributed by atoms with Gasteiger partial charge in [0.15, 0.2) is 0 Å². The Balaban J connectivity index is 1.96. The number of hydrogen-bond acceptors (Lipinski definition) is 4. The first-order chi connectivity index (χ1) is 12.9. The second kappa shape index (κ2) is 9.38. The third-order valence-corrected chi connectivity index (χ3v) is 3.99. The monoisotopic (exact) mass is 370 g/mol. The molecule has 0 saturated carbocycles. The van der Waals surface area contributed by atoms with Crippen LogP contribution in [-0.4, -0.2) is 41.4 Å². The molecule has 0 radical (unpaired) electrons. The quantitative estimate of drug-likeness (QED) is 0.745. The van der Waals surface area contributed by atoms with Crippen molar-refractivity contribution in [2.45, 2.75) is 19.9 Å². The van der Waals surface area contributed by atoms with Crippen LogP contribution in [-0.2, 0) is 16.1 Å². The molecule has 27 heavy (non-hydrogen) atoms. The van der Waals surface area contributed by atoms with E-state index in [1.165, 1.54) is 32.2 Å². The normalized spacial score (nSPS) is 10.1. The van der Waals surface area contributed by atoms with Crippen LogP contribution in [0.5, 0.6) is 5.75 Å². The van der Waals surface area contributed by atoms with Gasteiger partial charge in [-0.1, -0.05) is 30.3 Å². The van der Waals surface area contributed by atoms with Gasteiger partial charge in [-0.2, -0.15) is 0 Å². The molecule has 2 N–H and O–H groups in total. The average Bonchev–Trinajstić information content (AvgIpc) is 2.65. The zero-order chi connectivity index (χ0) is 19.8. The molecular weight excluding hydrogens is 348 g/mol. The summed E-state index contributed by atoms with van der Waals surface area (Å²) in [6, 6.07) is 13.9. The van der Waals surface area contributed by atoms with Crippen molar-refractivity contribution in [2.75, 3.05) is 19.0 Å². The van der Waals surface area contributed by atoms with Gasteiger partial charge in [0, 0.05) is 38.2 Å². The minimum Gasteiger partial charge on any atom is -0.496 e. The fraction of sp³-hybridized carbons (Fsp3) is 0.250. The van der Waals surface area contributed by atoms with Crippen molar-refractivity contribution in [2.24, 2.45) is 0 Å². The highest BCUT2D eigenvalue weighted by Gasteiger charge is 2.14. The standard InChI is InChI=1S/C20H22N2O5/c1-14(23)22(13-15-6-4-3-5-7-15)11-10-19(24)21-16-8-9-17(20(25)26)18(12-16)27-2/h3-9,12H,10-11,13H2,1-2H3,(H,21,24)(H,25,26). The predicted molar refractivity (Wildman–Crippen MR) is 101 cm³/mol. The topological polar surface area (TPSA) is 95.9 Å². The molecule has 0 heterocycles. The van der Waals surface area contributed by atoms with Gasteiger partial charge in [-0.15, -0.1) is 0 Å². The van der Waals surface area contributed by atoms with Gasteiger partial charge >= 0.3 is 5.97 Å². The van der Waals surface area contributed by atoms with E-state index in [-0.39, 0.29) is 36.1 Å². The lowest BCUT2D eigenvalue weighted by atomic mass is 10.1. The minimum atomic E-state index is -1.11. The number of nitrogens with zero attached hydrogens (tertiary/aromatic N) is 1. The van der Waals surface area contributed by atoms with E-state index in [2.05, 4.69) is 5.32 Å². The van der Waals surface area contributed by atoms with E-state index < -0.39 is 5.97 Å². The van der Waals surface area contributed by atoms with Crippen LogP contribution < -0.4 is 10.1 Å². The highest BCUT2D eigenvalue weighted by Crippen LogP contribution is 2.23. The maximum absolute atomic E-state index is 12.2. The molecule has 7 nitrogen and oxygen atoms in total. The molecule has 0 bridgehead atoms. The van der Waals surface area contributed by atoms with Crippen molar-refractivity contribution < 1.29 is 24.2 Å². The van der Waals surface area contributed by atoms with Gasteiger partial charge in [0.2, 0.25) is 11.8 Å². The molecule has 2 rings (SSSR count). The molecule has 142 valence electrons. The number of amides is 2. The molecule has 0 unspecified atom stereocenters. The van der Waals surface area contributed by atoms with Gasteiger partial charge < -0.3 is 20.1 Å². The van der Waals surface area contributed by atoms with Crippen LogP contribution in [0.3, 0.4) is 0 Å². The SMILES string of the molecule is COc1cc(NC(=O)CCN(Cc2ccccc2)C(C)=O)ccc1C(=O)O. The van der Waals surface area contributed by atoms with Crippen molar-refractivity contribution >= 4 is 23.5 Å². The molecule has 0 aliphatic carbocycles. The van der Waals surface area contributed by atoms with Crippen LogP contribution in [0, 0.1) is 0 Å². The van der Waals surface area contributed by atoms with Gasteiger partial charge in [-0.05, 0) is 17.7 Å². The number of anilines is 1. The van der Waals surface area contributed by atoms with Gasteiger partial charge in [-0.25, -0.2) is 4.79 Å². The highest BCUT2D eigenvalue weighted by atomic mass is 16.5. The summed E-state index contributed by atoms with van der Waals surface area (Å²) in [5.74, 6) is -1.34. The van der Waals surface area contributed by atoms with Crippen molar-refractivity contribution in [1.29, 1.82) is 0 Å². The number of benzene rings is 2. The van der Waals surface area contributed by atoms with E-state index in [0.29, 0.717) is 12.2 Å². The minimum absolute atomic E-state index is 0.0149. The first-order valence-corrected chi connectivity index (χ1v) is 8.41. The number of carbonyl (C=O) groups is 3. The fourth-order valence-electron chi connectivity index (χ4n) is 2.56. The highest BCUT2D eigenvalue weighted by molar-refractivity contribution is 5.94. The van der Waals surface area contributed by atoms with Gasteiger partial charge in [0.05, 0.1) is 7.11 Å². The van der Waals surface area contributed by atoms with Crippen molar-refractivity contribution in [3.8, 4) is 5.75 Å². The molecule has 0 aliphatic rings. The predicted octanol–water partition coefficient (Wildman–Crippen LogP) is 2.77. The summed E-state index contributed by atoms with van der Waals surface area (Å²) in [4.78, 5) is 36.7. The molecule has 0 fully saturated rings. The molecule has 0 atom stereocenters. The van der Waals surface area contributed by atoms with E-state index in [4.69, 9.17) is 9.84 Å². The number of carbonyl (C=O) groups excluding carboxylic acids is 2. The zero-order valence-electron chi connectivity index (χ0n) is 15.3. The summed E-state index contributed by atoms with van der Waals surface area (Å²) in [6.45, 7) is 2.18. The summed E-state index contributed by atoms with van der Waals surface area (Å²) in [5.41, 5.74) is 1.43. The fourth-order valence-corrected chi connectivity index (χ4v) is 2.56. The largest absolute Gasteiger partial charge is 0.496 e. The number of nitrogens with one attached hydrogen (secondary N) is 1. The Morgan fingerprint density at radius 1 is 1.11 bits per heavy atom. The number of aromatic carboxylic acids is 1. The van der Waals surface area contributed by atoms with Crippen LogP contribution >= 0.6 is 0 Å². The maximum Gasteiger partial charge on any atom is 0.339 e. The third-order valence-electron chi connectivity index (χ3n) is 3.99. The Morgan fingerprint density at radius 2 is 1.81 bits per heavy atom. The molecule has 2 amide bonds. The van der Waals surface area contributed by atoms with Crippen LogP contribution in [0.4, 0.5) is 5.69 Å². The van der Waals surface area contributed by atoms with Crippen molar-refractivity contribution in [1.82, 2.24) is 4.90 Å². The van der Waals surface area contributed by atoms with Crippen LogP contribution in [0.1, 0.15) is 29.3 Å². The Morgan fingerprint density at radius 3 is 2.41 bits per heavy atom. The molecule has 7 heteroatoms. The smallest absolute Gasteiger partial charge is 0.339 e. The molecule has 0 spiro atoms. The number of rotatable bonds is 8. The molecule has 2 aromatic rings. The van der Waals surface area contributed by atoms with Crippen LogP contribution in [0.15, 0.2) is 48.5 Å². The van der Waals surface area contributed by atoms with Crippen molar-refractivity contribution in [3.63, 3.8) is 0 Å². The number of ether oxygens (including phenoxy) is 1. The van der Waals surface area contributed by atoms with Gasteiger partial charge in [-0.3, -0.25) is 9.59 Å². The molecule has 0 saturated heterocycles. The van der Waals surface area contributed by atoms with E-state index in [1.54, 1.807) is 4.90 Å². The average molecular weight is 370 g/mol. The van der Waals surface area contributed by atoms with Crippen LogP contribution in [0.25, 0.3) is 0 Å². The first kappa shape index (κ1) is 20.0. The Hall–Kier alpha value is -3.35. The summed E-state index contributed by atoms with van der Waals surface area (Å²) >= 11 is 0.